The van der Waals surface area contributed by atoms with Crippen LogP contribution in [0.4, 0.5) is 0 Å². The topological polar surface area (TPSA) is 35.6 Å². The molecule has 0 aromatic carbocycles. The van der Waals surface area contributed by atoms with Crippen LogP contribution in [0, 0.1) is 0 Å². The molecular formula is C15H29N3O. The molecule has 1 amide bonds. The van der Waals surface area contributed by atoms with E-state index in [9.17, 15) is 4.79 Å². The van der Waals surface area contributed by atoms with E-state index in [0.717, 1.165) is 45.7 Å². The molecule has 1 saturated heterocycles. The van der Waals surface area contributed by atoms with E-state index < -0.39 is 0 Å². The highest BCUT2D eigenvalue weighted by Gasteiger charge is 2.17. The Morgan fingerprint density at radius 1 is 1.21 bits per heavy atom. The molecule has 4 nitrogen and oxygen atoms in total. The van der Waals surface area contributed by atoms with Gasteiger partial charge in [0.1, 0.15) is 0 Å². The molecule has 0 aromatic heterocycles. The zero-order valence-corrected chi connectivity index (χ0v) is 13.0. The number of carbonyl (C=O) groups excluding carboxylic acids is 1. The third kappa shape index (κ3) is 6.73. The largest absolute Gasteiger partial charge is 0.342 e. The first-order chi connectivity index (χ1) is 8.78. The van der Waals surface area contributed by atoms with Crippen LogP contribution < -0.4 is 5.32 Å². The maximum atomic E-state index is 11.4. The molecule has 19 heavy (non-hydrogen) atoms. The van der Waals surface area contributed by atoms with Gasteiger partial charge in [0, 0.05) is 51.7 Å². The second kappa shape index (κ2) is 7.06. The molecule has 0 aromatic rings. The summed E-state index contributed by atoms with van der Waals surface area (Å²) in [5.41, 5.74) is 1.35. The van der Waals surface area contributed by atoms with Crippen molar-refractivity contribution in [2.45, 2.75) is 39.7 Å². The van der Waals surface area contributed by atoms with Gasteiger partial charge in [0.15, 0.2) is 0 Å². The summed E-state index contributed by atoms with van der Waals surface area (Å²) in [4.78, 5) is 15.7. The standard InChI is InChI=1S/C15H29N3O/c1-13(11-16-15(3,4)5)12-17-7-6-8-18(10-9-17)14(2)19/h16H,1,6-12H2,2-5H3. The van der Waals surface area contributed by atoms with Crippen molar-refractivity contribution in [2.75, 3.05) is 39.3 Å². The molecule has 1 aliphatic rings. The average molecular weight is 267 g/mol. The van der Waals surface area contributed by atoms with Crippen molar-refractivity contribution in [2.24, 2.45) is 0 Å². The van der Waals surface area contributed by atoms with Crippen LogP contribution in [-0.2, 0) is 4.79 Å². The number of amides is 1. The van der Waals surface area contributed by atoms with Gasteiger partial charge in [-0.2, -0.15) is 0 Å². The Labute approximate surface area is 117 Å². The van der Waals surface area contributed by atoms with Crippen molar-refractivity contribution in [1.29, 1.82) is 0 Å². The fourth-order valence-corrected chi connectivity index (χ4v) is 2.21. The molecule has 1 rings (SSSR count). The lowest BCUT2D eigenvalue weighted by atomic mass is 10.1. The maximum absolute atomic E-state index is 11.4. The Bertz CT molecular complexity index is 320. The van der Waals surface area contributed by atoms with Gasteiger partial charge in [-0.3, -0.25) is 9.69 Å². The Hall–Kier alpha value is -0.870. The van der Waals surface area contributed by atoms with Gasteiger partial charge in [-0.15, -0.1) is 0 Å². The van der Waals surface area contributed by atoms with Crippen LogP contribution in [0.25, 0.3) is 0 Å². The summed E-state index contributed by atoms with van der Waals surface area (Å²) in [6, 6.07) is 0. The number of nitrogens with one attached hydrogen (secondary N) is 1. The molecule has 0 spiro atoms. The van der Waals surface area contributed by atoms with E-state index in [2.05, 4.69) is 37.6 Å². The van der Waals surface area contributed by atoms with E-state index in [-0.39, 0.29) is 11.4 Å². The first-order valence-electron chi connectivity index (χ1n) is 7.17. The molecule has 0 radical (unpaired) electrons. The summed E-state index contributed by atoms with van der Waals surface area (Å²) >= 11 is 0. The van der Waals surface area contributed by atoms with E-state index in [0.29, 0.717) is 0 Å². The van der Waals surface area contributed by atoms with Gasteiger partial charge in [-0.05, 0) is 32.8 Å². The zero-order chi connectivity index (χ0) is 14.5. The minimum Gasteiger partial charge on any atom is -0.342 e. The number of nitrogens with zero attached hydrogens (tertiary/aromatic N) is 2. The number of carbonyl (C=O) groups is 1. The Balaban J connectivity index is 2.33. The second-order valence-electron chi connectivity index (χ2n) is 6.49. The lowest BCUT2D eigenvalue weighted by Gasteiger charge is -2.25. The fourth-order valence-electron chi connectivity index (χ4n) is 2.21. The molecule has 0 bridgehead atoms. The van der Waals surface area contributed by atoms with E-state index in [1.54, 1.807) is 6.92 Å². The van der Waals surface area contributed by atoms with Crippen LogP contribution in [0.5, 0.6) is 0 Å². The summed E-state index contributed by atoms with van der Waals surface area (Å²) in [6.07, 6.45) is 1.06. The summed E-state index contributed by atoms with van der Waals surface area (Å²) in [6.45, 7) is 17.8. The van der Waals surface area contributed by atoms with Crippen molar-refractivity contribution < 1.29 is 4.79 Å². The Kier molecular flexibility index (Phi) is 6.01. The van der Waals surface area contributed by atoms with Crippen LogP contribution in [0.15, 0.2) is 12.2 Å². The van der Waals surface area contributed by atoms with E-state index in [1.165, 1.54) is 5.57 Å². The van der Waals surface area contributed by atoms with Gasteiger partial charge in [0.2, 0.25) is 5.91 Å². The third-order valence-electron chi connectivity index (χ3n) is 3.35. The summed E-state index contributed by atoms with van der Waals surface area (Å²) < 4.78 is 0. The van der Waals surface area contributed by atoms with Crippen LogP contribution in [0.3, 0.4) is 0 Å². The molecule has 0 atom stereocenters. The molecule has 110 valence electrons. The van der Waals surface area contributed by atoms with Crippen LogP contribution in [0.2, 0.25) is 0 Å². The molecule has 0 saturated carbocycles. The number of hydrogen-bond acceptors (Lipinski definition) is 3. The predicted octanol–water partition coefficient (Wildman–Crippen LogP) is 1.48. The van der Waals surface area contributed by atoms with Crippen molar-refractivity contribution >= 4 is 5.91 Å². The van der Waals surface area contributed by atoms with Gasteiger partial charge in [0.05, 0.1) is 0 Å². The maximum Gasteiger partial charge on any atom is 0.219 e. The van der Waals surface area contributed by atoms with Crippen molar-refractivity contribution in [3.63, 3.8) is 0 Å². The Morgan fingerprint density at radius 2 is 1.89 bits per heavy atom. The zero-order valence-electron chi connectivity index (χ0n) is 13.0. The van der Waals surface area contributed by atoms with Gasteiger partial charge in [0.25, 0.3) is 0 Å². The molecule has 1 heterocycles. The van der Waals surface area contributed by atoms with Gasteiger partial charge < -0.3 is 10.2 Å². The predicted molar refractivity (Wildman–Crippen MR) is 80.2 cm³/mol. The number of rotatable bonds is 4. The van der Waals surface area contributed by atoms with E-state index in [1.807, 2.05) is 4.90 Å². The fraction of sp³-hybridized carbons (Fsp3) is 0.800. The first-order valence-corrected chi connectivity index (χ1v) is 7.17. The molecule has 1 N–H and O–H groups in total. The third-order valence-corrected chi connectivity index (χ3v) is 3.35. The number of hydrogen-bond donors (Lipinski definition) is 1. The van der Waals surface area contributed by atoms with E-state index >= 15 is 0 Å². The molecule has 1 fully saturated rings. The summed E-state index contributed by atoms with van der Waals surface area (Å²) in [5.74, 6) is 0.190. The van der Waals surface area contributed by atoms with Crippen LogP contribution >= 0.6 is 0 Å². The minimum absolute atomic E-state index is 0.132. The molecule has 1 aliphatic heterocycles. The van der Waals surface area contributed by atoms with Crippen molar-refractivity contribution in [1.82, 2.24) is 15.1 Å². The monoisotopic (exact) mass is 267 g/mol. The van der Waals surface area contributed by atoms with Crippen molar-refractivity contribution in [3.8, 4) is 0 Å². The lowest BCUT2D eigenvalue weighted by molar-refractivity contribution is -0.128. The second-order valence-corrected chi connectivity index (χ2v) is 6.49. The highest BCUT2D eigenvalue weighted by molar-refractivity contribution is 5.73. The van der Waals surface area contributed by atoms with Gasteiger partial charge in [-0.25, -0.2) is 0 Å². The van der Waals surface area contributed by atoms with Crippen LogP contribution in [0.1, 0.15) is 34.1 Å². The van der Waals surface area contributed by atoms with Crippen molar-refractivity contribution in [3.05, 3.63) is 12.2 Å². The van der Waals surface area contributed by atoms with Gasteiger partial charge >= 0.3 is 0 Å². The Morgan fingerprint density at radius 3 is 2.47 bits per heavy atom. The van der Waals surface area contributed by atoms with Gasteiger partial charge in [-0.1, -0.05) is 6.58 Å². The first kappa shape index (κ1) is 16.2. The average Bonchev–Trinajstić information content (AvgIpc) is 2.51. The lowest BCUT2D eigenvalue weighted by Crippen LogP contribution is -2.39. The smallest absolute Gasteiger partial charge is 0.219 e. The highest BCUT2D eigenvalue weighted by Crippen LogP contribution is 2.06. The van der Waals surface area contributed by atoms with E-state index in [4.69, 9.17) is 0 Å². The molecule has 0 unspecified atom stereocenters. The quantitative estimate of drug-likeness (QED) is 0.784. The normalized spacial score (nSPS) is 18.2. The molecule has 0 aliphatic carbocycles. The molecule has 4 heteroatoms. The summed E-state index contributed by atoms with van der Waals surface area (Å²) in [5, 5.41) is 3.46. The molecular weight excluding hydrogens is 238 g/mol. The summed E-state index contributed by atoms with van der Waals surface area (Å²) in [7, 11) is 0. The highest BCUT2D eigenvalue weighted by atomic mass is 16.2. The van der Waals surface area contributed by atoms with Crippen LogP contribution in [-0.4, -0.2) is 60.5 Å². The SMILES string of the molecule is C=C(CNC(C)(C)C)CN1CCCN(C(C)=O)CC1. The minimum atomic E-state index is 0.132.